The highest BCUT2D eigenvalue weighted by molar-refractivity contribution is 7.98. The molecule has 196 valence electrons. The van der Waals surface area contributed by atoms with Crippen LogP contribution >= 0.6 is 11.8 Å². The number of carboxylic acids is 1. The first-order valence-corrected chi connectivity index (χ1v) is 14.2. The number of aliphatic carboxylic acids is 1. The van der Waals surface area contributed by atoms with Gasteiger partial charge in [-0.1, -0.05) is 67.9 Å². The summed E-state index contributed by atoms with van der Waals surface area (Å²) in [5.74, 6) is -0.757. The predicted molar refractivity (Wildman–Crippen MR) is 152 cm³/mol. The second-order valence-corrected chi connectivity index (χ2v) is 10.2. The molecular formula is C31H37NO4S. The Morgan fingerprint density at radius 1 is 0.973 bits per heavy atom. The molecule has 3 rings (SSSR count). The first-order chi connectivity index (χ1) is 17.9. The monoisotopic (exact) mass is 519 g/mol. The van der Waals surface area contributed by atoms with Gasteiger partial charge in [-0.25, -0.2) is 4.79 Å². The predicted octanol–water partition coefficient (Wildman–Crippen LogP) is 6.66. The molecule has 0 radical (unpaired) electrons. The lowest BCUT2D eigenvalue weighted by Gasteiger charge is -2.18. The van der Waals surface area contributed by atoms with Gasteiger partial charge in [-0.05, 0) is 83.7 Å². The third-order valence-electron chi connectivity index (χ3n) is 6.42. The maximum absolute atomic E-state index is 13.2. The van der Waals surface area contributed by atoms with Gasteiger partial charge in [0, 0.05) is 5.56 Å². The standard InChI is InChI=1S/C31H37NO4S/c1-4-5-11-24-12-7-8-13-25(24)21-36-20-23-15-16-27(28(19-23)26-14-9-6-10-22(26)2)30(33)32-29(31(34)35)17-18-37-3/h6-10,12-16,19,29H,4-5,11,17-18,20-21H2,1-3H3,(H,32,33)(H,34,35). The number of unbranched alkanes of at least 4 members (excludes halogenated alkanes) is 1. The van der Waals surface area contributed by atoms with Crippen LogP contribution in [-0.2, 0) is 29.2 Å². The molecule has 0 heterocycles. The molecule has 0 saturated carbocycles. The number of benzene rings is 3. The van der Waals surface area contributed by atoms with Crippen molar-refractivity contribution in [2.24, 2.45) is 0 Å². The van der Waals surface area contributed by atoms with Crippen LogP contribution in [0.5, 0.6) is 0 Å². The number of hydrogen-bond donors (Lipinski definition) is 2. The molecule has 1 amide bonds. The Balaban J connectivity index is 1.82. The molecule has 0 fully saturated rings. The molecule has 0 saturated heterocycles. The molecule has 1 atom stereocenters. The number of thioether (sulfide) groups is 1. The number of carbonyl (C=O) groups excluding carboxylic acids is 1. The molecule has 0 aromatic heterocycles. The van der Waals surface area contributed by atoms with Crippen LogP contribution in [0.25, 0.3) is 11.1 Å². The Kier molecular flexibility index (Phi) is 11.2. The van der Waals surface area contributed by atoms with E-state index in [9.17, 15) is 14.7 Å². The number of rotatable bonds is 14. The first kappa shape index (κ1) is 28.5. The van der Waals surface area contributed by atoms with Gasteiger partial charge in [0.15, 0.2) is 0 Å². The van der Waals surface area contributed by atoms with Crippen LogP contribution in [0.2, 0.25) is 0 Å². The fourth-order valence-corrected chi connectivity index (χ4v) is 4.77. The molecule has 5 nitrogen and oxygen atoms in total. The summed E-state index contributed by atoms with van der Waals surface area (Å²) < 4.78 is 6.11. The Labute approximate surface area is 224 Å². The number of aryl methyl sites for hydroxylation is 2. The van der Waals surface area contributed by atoms with Crippen molar-refractivity contribution in [1.29, 1.82) is 0 Å². The van der Waals surface area contributed by atoms with Crippen LogP contribution in [0.3, 0.4) is 0 Å². The lowest BCUT2D eigenvalue weighted by Crippen LogP contribution is -2.41. The third kappa shape index (κ3) is 8.20. The van der Waals surface area contributed by atoms with Crippen molar-refractivity contribution in [2.75, 3.05) is 12.0 Å². The SMILES string of the molecule is CCCCc1ccccc1COCc1ccc(C(=O)NC(CCSC)C(=O)O)c(-c2ccccc2C)c1. The van der Waals surface area contributed by atoms with Gasteiger partial charge >= 0.3 is 5.97 Å². The van der Waals surface area contributed by atoms with Crippen molar-refractivity contribution < 1.29 is 19.4 Å². The van der Waals surface area contributed by atoms with Crippen molar-refractivity contribution >= 4 is 23.6 Å². The van der Waals surface area contributed by atoms with E-state index in [-0.39, 0.29) is 5.91 Å². The molecule has 37 heavy (non-hydrogen) atoms. The number of hydrogen-bond acceptors (Lipinski definition) is 4. The van der Waals surface area contributed by atoms with E-state index in [0.29, 0.717) is 31.0 Å². The van der Waals surface area contributed by atoms with Crippen molar-refractivity contribution in [3.8, 4) is 11.1 Å². The second-order valence-electron chi connectivity index (χ2n) is 9.21. The molecule has 0 aliphatic rings. The minimum absolute atomic E-state index is 0.369. The molecule has 6 heteroatoms. The molecule has 0 spiro atoms. The van der Waals surface area contributed by atoms with E-state index < -0.39 is 12.0 Å². The number of nitrogens with one attached hydrogen (secondary N) is 1. The van der Waals surface area contributed by atoms with E-state index in [4.69, 9.17) is 4.74 Å². The summed E-state index contributed by atoms with van der Waals surface area (Å²) in [7, 11) is 0. The molecular weight excluding hydrogens is 482 g/mol. The smallest absolute Gasteiger partial charge is 0.326 e. The minimum Gasteiger partial charge on any atom is -0.480 e. The average molecular weight is 520 g/mol. The molecule has 0 aliphatic carbocycles. The summed E-state index contributed by atoms with van der Waals surface area (Å²) in [6.45, 7) is 5.14. The molecule has 2 N–H and O–H groups in total. The van der Waals surface area contributed by atoms with Gasteiger partial charge in [0.05, 0.1) is 13.2 Å². The quantitative estimate of drug-likeness (QED) is 0.249. The van der Waals surface area contributed by atoms with Crippen LogP contribution in [0.15, 0.2) is 66.7 Å². The summed E-state index contributed by atoms with van der Waals surface area (Å²) in [6, 6.07) is 21.0. The number of amides is 1. The van der Waals surface area contributed by atoms with Crippen LogP contribution < -0.4 is 5.32 Å². The number of carbonyl (C=O) groups is 2. The molecule has 3 aromatic rings. The third-order valence-corrected chi connectivity index (χ3v) is 7.07. The van der Waals surface area contributed by atoms with E-state index >= 15 is 0 Å². The van der Waals surface area contributed by atoms with Gasteiger partial charge in [0.25, 0.3) is 5.91 Å². The highest BCUT2D eigenvalue weighted by atomic mass is 32.2. The normalized spacial score (nSPS) is 11.8. The fourth-order valence-electron chi connectivity index (χ4n) is 4.29. The minimum atomic E-state index is -1.02. The van der Waals surface area contributed by atoms with Crippen LogP contribution in [0.1, 0.15) is 58.8 Å². The van der Waals surface area contributed by atoms with Crippen LogP contribution in [0, 0.1) is 6.92 Å². The first-order valence-electron chi connectivity index (χ1n) is 12.8. The van der Waals surface area contributed by atoms with Gasteiger partial charge < -0.3 is 15.2 Å². The number of carboxylic acid groups (broad SMARTS) is 1. The van der Waals surface area contributed by atoms with E-state index in [1.807, 2.05) is 55.6 Å². The summed E-state index contributed by atoms with van der Waals surface area (Å²) >= 11 is 1.56. The lowest BCUT2D eigenvalue weighted by molar-refractivity contribution is -0.139. The van der Waals surface area contributed by atoms with Crippen molar-refractivity contribution in [1.82, 2.24) is 5.32 Å². The Bertz CT molecular complexity index is 1190. The van der Waals surface area contributed by atoms with E-state index in [2.05, 4.69) is 30.4 Å². The van der Waals surface area contributed by atoms with E-state index in [1.54, 1.807) is 17.8 Å². The van der Waals surface area contributed by atoms with Gasteiger partial charge in [-0.2, -0.15) is 11.8 Å². The summed E-state index contributed by atoms with van der Waals surface area (Å²) in [6.07, 6.45) is 5.64. The zero-order chi connectivity index (χ0) is 26.6. The topological polar surface area (TPSA) is 75.6 Å². The van der Waals surface area contributed by atoms with E-state index in [1.165, 1.54) is 11.1 Å². The van der Waals surface area contributed by atoms with Gasteiger partial charge in [-0.15, -0.1) is 0 Å². The molecule has 1 unspecified atom stereocenters. The van der Waals surface area contributed by atoms with Gasteiger partial charge in [0.1, 0.15) is 6.04 Å². The largest absolute Gasteiger partial charge is 0.480 e. The Morgan fingerprint density at radius 2 is 1.70 bits per heavy atom. The van der Waals surface area contributed by atoms with E-state index in [0.717, 1.165) is 41.5 Å². The Hall–Kier alpha value is -3.09. The summed E-state index contributed by atoms with van der Waals surface area (Å²) in [5.41, 5.74) is 6.69. The highest BCUT2D eigenvalue weighted by Gasteiger charge is 2.22. The van der Waals surface area contributed by atoms with Gasteiger partial charge in [-0.3, -0.25) is 4.79 Å². The zero-order valence-corrected chi connectivity index (χ0v) is 22.8. The highest BCUT2D eigenvalue weighted by Crippen LogP contribution is 2.29. The summed E-state index contributed by atoms with van der Waals surface area (Å²) in [5, 5.41) is 12.3. The maximum atomic E-state index is 13.2. The summed E-state index contributed by atoms with van der Waals surface area (Å²) in [4.78, 5) is 25.0. The van der Waals surface area contributed by atoms with Crippen molar-refractivity contribution in [2.45, 2.75) is 58.8 Å². The Morgan fingerprint density at radius 3 is 2.41 bits per heavy atom. The van der Waals surface area contributed by atoms with Crippen LogP contribution in [-0.4, -0.2) is 35.0 Å². The van der Waals surface area contributed by atoms with Crippen LogP contribution in [0.4, 0.5) is 0 Å². The van der Waals surface area contributed by atoms with Gasteiger partial charge in [0.2, 0.25) is 0 Å². The maximum Gasteiger partial charge on any atom is 0.326 e. The number of ether oxygens (including phenoxy) is 1. The average Bonchev–Trinajstić information content (AvgIpc) is 2.90. The molecule has 0 bridgehead atoms. The molecule has 3 aromatic carbocycles. The van der Waals surface area contributed by atoms with Crippen molar-refractivity contribution in [3.05, 3.63) is 94.5 Å². The zero-order valence-electron chi connectivity index (χ0n) is 22.0. The second kappa shape index (κ2) is 14.6. The molecule has 0 aliphatic heterocycles. The lowest BCUT2D eigenvalue weighted by atomic mass is 9.93. The van der Waals surface area contributed by atoms with Crippen molar-refractivity contribution in [3.63, 3.8) is 0 Å². The fraction of sp³-hybridized carbons (Fsp3) is 0.355.